The quantitative estimate of drug-likeness (QED) is 0.0211. The van der Waals surface area contributed by atoms with Gasteiger partial charge in [-0.1, -0.05) is 353 Å². The second kappa shape index (κ2) is 65.2. The third-order valence-electron chi connectivity index (χ3n) is 17.0. The molecule has 1 N–H and O–H groups in total. The van der Waals surface area contributed by atoms with Gasteiger partial charge in [-0.15, -0.1) is 0 Å². The Bertz CT molecular complexity index is 1400. The Kier molecular flexibility index (Phi) is 64.2. The number of phosphoric acid groups is 1. The zero-order chi connectivity index (χ0) is 60.5. The molecule has 0 radical (unpaired) electrons. The van der Waals surface area contributed by atoms with Crippen molar-refractivity contribution in [1.29, 1.82) is 0 Å². The molecular weight excluding hydrogens is 1050 g/mol. The van der Waals surface area contributed by atoms with Crippen molar-refractivity contribution in [3.05, 3.63) is 12.2 Å². The number of phosphoric ester groups is 1. The molecule has 2 atom stereocenters. The topological polar surface area (TPSA) is 108 Å². The summed E-state index contributed by atoms with van der Waals surface area (Å²) < 4.78 is 34.7. The summed E-state index contributed by atoms with van der Waals surface area (Å²) in [6.07, 6.45) is 80.7. The maximum atomic E-state index is 12.9. The van der Waals surface area contributed by atoms with Crippen LogP contribution < -0.4 is 0 Å². The predicted molar refractivity (Wildman–Crippen MR) is 358 cm³/mol. The highest BCUT2D eigenvalue weighted by molar-refractivity contribution is 7.47. The molecule has 0 rings (SSSR count). The Hall–Kier alpha value is -1.25. The van der Waals surface area contributed by atoms with Gasteiger partial charge < -0.3 is 18.9 Å². The van der Waals surface area contributed by atoms with Crippen molar-refractivity contribution in [1.82, 2.24) is 0 Å². The molecule has 0 aliphatic carbocycles. The summed E-state index contributed by atoms with van der Waals surface area (Å²) in [7, 11) is 1.50. The molecule has 0 saturated heterocycles. The molecule has 0 fully saturated rings. The molecule has 10 heteroatoms. The van der Waals surface area contributed by atoms with E-state index in [4.69, 9.17) is 18.5 Å². The van der Waals surface area contributed by atoms with E-state index >= 15 is 0 Å². The molecule has 83 heavy (non-hydrogen) atoms. The second-order valence-corrected chi connectivity index (χ2v) is 28.1. The van der Waals surface area contributed by atoms with Gasteiger partial charge in [-0.05, 0) is 38.5 Å². The molecule has 0 amide bonds. The van der Waals surface area contributed by atoms with Gasteiger partial charge in [-0.25, -0.2) is 4.57 Å². The van der Waals surface area contributed by atoms with Crippen molar-refractivity contribution < 1.29 is 42.1 Å². The van der Waals surface area contributed by atoms with Crippen LogP contribution >= 0.6 is 7.82 Å². The standard InChI is InChI=1S/C73H144NO8P/c1-6-8-10-12-14-16-18-20-22-24-26-27-28-29-30-31-32-33-34-35-36-37-38-39-40-41-42-43-44-45-46-47-48-50-52-54-56-58-60-62-64-66-73(76)82-71(70-81-83(77,78)80-68-67-74(3,4)5)69-79-72(75)65-63-61-59-57-55-53-51-49-25-23-21-19-17-15-13-11-9-7-2/h24,26,71H,6-23,25,27-70H2,1-5H3/p+1/b26-24-. The lowest BCUT2D eigenvalue weighted by atomic mass is 10.0. The van der Waals surface area contributed by atoms with E-state index in [2.05, 4.69) is 26.0 Å². The fourth-order valence-electron chi connectivity index (χ4n) is 11.4. The monoisotopic (exact) mass is 1200 g/mol. The van der Waals surface area contributed by atoms with Crippen LogP contribution in [0.2, 0.25) is 0 Å². The molecule has 0 bridgehead atoms. The Morgan fingerprint density at radius 2 is 0.614 bits per heavy atom. The molecule has 494 valence electrons. The van der Waals surface area contributed by atoms with Crippen LogP contribution in [0.15, 0.2) is 12.2 Å². The highest BCUT2D eigenvalue weighted by Crippen LogP contribution is 2.43. The van der Waals surface area contributed by atoms with Gasteiger partial charge in [0.05, 0.1) is 27.7 Å². The molecule has 0 saturated carbocycles. The Morgan fingerprint density at radius 1 is 0.361 bits per heavy atom. The van der Waals surface area contributed by atoms with Crippen molar-refractivity contribution in [3.8, 4) is 0 Å². The number of hydrogen-bond donors (Lipinski definition) is 1. The van der Waals surface area contributed by atoms with Gasteiger partial charge in [0.1, 0.15) is 19.8 Å². The van der Waals surface area contributed by atoms with Gasteiger partial charge in [0.15, 0.2) is 6.10 Å². The first-order valence-electron chi connectivity index (χ1n) is 36.9. The van der Waals surface area contributed by atoms with Gasteiger partial charge in [0.2, 0.25) is 0 Å². The van der Waals surface area contributed by atoms with E-state index in [0.717, 1.165) is 38.5 Å². The first-order chi connectivity index (χ1) is 40.5. The van der Waals surface area contributed by atoms with Crippen LogP contribution in [-0.4, -0.2) is 74.9 Å². The largest absolute Gasteiger partial charge is 0.472 e. The normalized spacial score (nSPS) is 13.1. The van der Waals surface area contributed by atoms with E-state index < -0.39 is 26.5 Å². The van der Waals surface area contributed by atoms with Crippen molar-refractivity contribution in [2.45, 2.75) is 399 Å². The number of unbranched alkanes of at least 4 members (excludes halogenated alkanes) is 54. The summed E-state index contributed by atoms with van der Waals surface area (Å²) in [6, 6.07) is 0. The number of carbonyl (C=O) groups is 2. The average molecular weight is 1200 g/mol. The summed E-state index contributed by atoms with van der Waals surface area (Å²) >= 11 is 0. The van der Waals surface area contributed by atoms with Crippen LogP contribution in [0.3, 0.4) is 0 Å². The minimum absolute atomic E-state index is 0.0370. The van der Waals surface area contributed by atoms with Gasteiger partial charge in [0.25, 0.3) is 0 Å². The molecule has 0 spiro atoms. The number of carbonyl (C=O) groups excluding carboxylic acids is 2. The number of ether oxygens (including phenoxy) is 2. The lowest BCUT2D eigenvalue weighted by Gasteiger charge is -2.24. The summed E-state index contributed by atoms with van der Waals surface area (Å²) in [5.41, 5.74) is 0. The highest BCUT2D eigenvalue weighted by Gasteiger charge is 2.27. The first-order valence-corrected chi connectivity index (χ1v) is 38.4. The smallest absolute Gasteiger partial charge is 0.462 e. The van der Waals surface area contributed by atoms with Crippen LogP contribution in [-0.2, 0) is 32.7 Å². The highest BCUT2D eigenvalue weighted by atomic mass is 31.2. The van der Waals surface area contributed by atoms with Crippen LogP contribution in [0.4, 0.5) is 0 Å². The third kappa shape index (κ3) is 69.7. The van der Waals surface area contributed by atoms with Crippen LogP contribution in [0.5, 0.6) is 0 Å². The molecule has 0 aliphatic heterocycles. The minimum Gasteiger partial charge on any atom is -0.462 e. The Morgan fingerprint density at radius 3 is 0.892 bits per heavy atom. The number of hydrogen-bond acceptors (Lipinski definition) is 7. The van der Waals surface area contributed by atoms with Gasteiger partial charge >= 0.3 is 19.8 Å². The Balaban J connectivity index is 3.83. The predicted octanol–water partition coefficient (Wildman–Crippen LogP) is 23.9. The molecule has 0 heterocycles. The van der Waals surface area contributed by atoms with E-state index in [1.807, 2.05) is 21.1 Å². The van der Waals surface area contributed by atoms with Crippen molar-refractivity contribution in [3.63, 3.8) is 0 Å². The molecule has 0 aromatic rings. The zero-order valence-electron chi connectivity index (χ0n) is 56.5. The minimum atomic E-state index is -4.38. The summed E-state index contributed by atoms with van der Waals surface area (Å²) in [5, 5.41) is 0. The SMILES string of the molecule is CCCCCCCCCC/C=C\CCCCCCCCCCCCCCCCCCCCCCCCCCCCCCCC(=O)OC(COC(=O)CCCCCCCCCCCCCCCCCCCC)COP(=O)(O)OCC[N+](C)(C)C. The second-order valence-electron chi connectivity index (χ2n) is 26.7. The zero-order valence-corrected chi connectivity index (χ0v) is 57.4. The number of rotatable bonds is 70. The van der Waals surface area contributed by atoms with Crippen molar-refractivity contribution >= 4 is 19.8 Å². The number of likely N-dealkylation sites (N-methyl/N-ethyl adjacent to an activating group) is 1. The molecule has 0 aromatic carbocycles. The average Bonchev–Trinajstić information content (AvgIpc) is 3.48. The molecular formula is C73H145NO8P+. The molecule has 9 nitrogen and oxygen atoms in total. The molecule has 0 aliphatic rings. The summed E-state index contributed by atoms with van der Waals surface area (Å²) in [4.78, 5) is 35.8. The van der Waals surface area contributed by atoms with E-state index in [0.29, 0.717) is 17.4 Å². The number of esters is 2. The van der Waals surface area contributed by atoms with Crippen molar-refractivity contribution in [2.75, 3.05) is 47.5 Å². The van der Waals surface area contributed by atoms with Gasteiger partial charge in [0, 0.05) is 12.8 Å². The van der Waals surface area contributed by atoms with E-state index in [-0.39, 0.29) is 25.6 Å². The lowest BCUT2D eigenvalue weighted by Crippen LogP contribution is -2.37. The van der Waals surface area contributed by atoms with Crippen molar-refractivity contribution in [2.24, 2.45) is 0 Å². The maximum Gasteiger partial charge on any atom is 0.472 e. The molecule has 0 aromatic heterocycles. The van der Waals surface area contributed by atoms with Gasteiger partial charge in [-0.2, -0.15) is 0 Å². The van der Waals surface area contributed by atoms with Crippen LogP contribution in [0, 0.1) is 0 Å². The maximum absolute atomic E-state index is 12.9. The lowest BCUT2D eigenvalue weighted by molar-refractivity contribution is -0.870. The Labute approximate surface area is 517 Å². The first kappa shape index (κ1) is 81.8. The fourth-order valence-corrected chi connectivity index (χ4v) is 12.1. The number of quaternary nitrogens is 1. The fraction of sp³-hybridized carbons (Fsp3) is 0.945. The van der Waals surface area contributed by atoms with Crippen LogP contribution in [0.1, 0.15) is 393 Å². The summed E-state index contributed by atoms with van der Waals surface area (Å²) in [6.45, 7) is 4.52. The molecule has 2 unspecified atom stereocenters. The number of nitrogens with zero attached hydrogens (tertiary/aromatic N) is 1. The van der Waals surface area contributed by atoms with E-state index in [1.54, 1.807) is 0 Å². The van der Waals surface area contributed by atoms with E-state index in [1.165, 1.54) is 327 Å². The third-order valence-corrected chi connectivity index (χ3v) is 18.0. The van der Waals surface area contributed by atoms with E-state index in [9.17, 15) is 19.0 Å². The number of allylic oxidation sites excluding steroid dienone is 2. The summed E-state index contributed by atoms with van der Waals surface area (Å²) in [5.74, 6) is -0.770. The van der Waals surface area contributed by atoms with Crippen LogP contribution in [0.25, 0.3) is 0 Å². The van der Waals surface area contributed by atoms with Gasteiger partial charge in [-0.3, -0.25) is 18.6 Å².